The van der Waals surface area contributed by atoms with Crippen LogP contribution in [0.15, 0.2) is 59.6 Å². The zero-order valence-electron chi connectivity index (χ0n) is 12.0. The Balaban J connectivity index is 1.75. The molecule has 0 saturated heterocycles. The number of aliphatic imine (C=N–C) groups is 1. The molecular formula is C16H18N4O2. The maximum absolute atomic E-state index is 11.8. The molecule has 0 spiro atoms. The van der Waals surface area contributed by atoms with Crippen LogP contribution < -0.4 is 16.4 Å². The van der Waals surface area contributed by atoms with Crippen molar-refractivity contribution in [1.29, 1.82) is 0 Å². The number of anilines is 1. The van der Waals surface area contributed by atoms with E-state index in [4.69, 9.17) is 10.8 Å². The van der Waals surface area contributed by atoms with Crippen LogP contribution in [0.5, 0.6) is 5.75 Å². The Hall–Kier alpha value is -3.02. The summed E-state index contributed by atoms with van der Waals surface area (Å²) in [5, 5.41) is 14.8. The van der Waals surface area contributed by atoms with Gasteiger partial charge in [0.2, 0.25) is 0 Å². The van der Waals surface area contributed by atoms with Crippen LogP contribution in [0, 0.1) is 0 Å². The van der Waals surface area contributed by atoms with Crippen molar-refractivity contribution in [3.8, 4) is 5.75 Å². The fraction of sp³-hybridized carbons (Fsp3) is 0.125. The molecule has 6 nitrogen and oxygen atoms in total. The van der Waals surface area contributed by atoms with Crippen LogP contribution in [-0.2, 0) is 0 Å². The number of guanidine groups is 1. The van der Waals surface area contributed by atoms with E-state index in [0.29, 0.717) is 24.6 Å². The largest absolute Gasteiger partial charge is 0.508 e. The minimum absolute atomic E-state index is 0.126. The summed E-state index contributed by atoms with van der Waals surface area (Å²) >= 11 is 0. The van der Waals surface area contributed by atoms with E-state index in [1.165, 1.54) is 12.1 Å². The van der Waals surface area contributed by atoms with Crippen LogP contribution in [0.1, 0.15) is 10.4 Å². The summed E-state index contributed by atoms with van der Waals surface area (Å²) in [4.78, 5) is 15.9. The van der Waals surface area contributed by atoms with Gasteiger partial charge in [0.05, 0.1) is 6.54 Å². The molecule has 0 aliphatic carbocycles. The third-order valence-corrected chi connectivity index (χ3v) is 2.86. The maximum atomic E-state index is 11.8. The lowest BCUT2D eigenvalue weighted by atomic mass is 10.2. The molecular weight excluding hydrogens is 280 g/mol. The van der Waals surface area contributed by atoms with Crippen molar-refractivity contribution >= 4 is 17.6 Å². The van der Waals surface area contributed by atoms with Crippen LogP contribution in [0.3, 0.4) is 0 Å². The number of nitrogens with two attached hydrogens (primary N) is 1. The van der Waals surface area contributed by atoms with E-state index in [-0.39, 0.29) is 11.7 Å². The van der Waals surface area contributed by atoms with Crippen LogP contribution in [0.4, 0.5) is 5.69 Å². The molecule has 0 bridgehead atoms. The average Bonchev–Trinajstić information content (AvgIpc) is 2.53. The van der Waals surface area contributed by atoms with Gasteiger partial charge in [0.1, 0.15) is 5.75 Å². The fourth-order valence-corrected chi connectivity index (χ4v) is 1.77. The monoisotopic (exact) mass is 298 g/mol. The molecule has 2 aromatic carbocycles. The molecule has 0 radical (unpaired) electrons. The number of aromatic hydroxyl groups is 1. The number of amides is 1. The molecule has 0 atom stereocenters. The molecule has 0 aromatic heterocycles. The molecule has 0 heterocycles. The number of nitrogens with zero attached hydrogens (tertiary/aromatic N) is 1. The van der Waals surface area contributed by atoms with Gasteiger partial charge in [-0.1, -0.05) is 18.2 Å². The average molecular weight is 298 g/mol. The summed E-state index contributed by atoms with van der Waals surface area (Å²) in [6, 6.07) is 15.5. The molecule has 5 N–H and O–H groups in total. The van der Waals surface area contributed by atoms with Crippen molar-refractivity contribution in [1.82, 2.24) is 5.32 Å². The number of benzene rings is 2. The standard InChI is InChI=1S/C16H18N4O2/c17-16(20-13-4-2-1-3-5-13)19-11-10-18-15(22)12-6-8-14(21)9-7-12/h1-9,21H,10-11H2,(H,18,22)(H3,17,19,20). The lowest BCUT2D eigenvalue weighted by Gasteiger charge is -2.06. The first kappa shape index (κ1) is 15.4. The maximum Gasteiger partial charge on any atom is 0.251 e. The first-order valence-electron chi connectivity index (χ1n) is 6.84. The number of phenolic OH excluding ortho intramolecular Hbond substituents is 1. The third-order valence-electron chi connectivity index (χ3n) is 2.86. The molecule has 6 heteroatoms. The third kappa shape index (κ3) is 4.82. The lowest BCUT2D eigenvalue weighted by molar-refractivity contribution is 0.0955. The molecule has 114 valence electrons. The summed E-state index contributed by atoms with van der Waals surface area (Å²) in [5.41, 5.74) is 7.09. The SMILES string of the molecule is NC(=NCCNC(=O)c1ccc(O)cc1)Nc1ccccc1. The normalized spacial score (nSPS) is 11.0. The Bertz CT molecular complexity index is 639. The smallest absolute Gasteiger partial charge is 0.251 e. The highest BCUT2D eigenvalue weighted by molar-refractivity contribution is 5.94. The Morgan fingerprint density at radius 1 is 1.09 bits per heavy atom. The second-order valence-electron chi connectivity index (χ2n) is 4.56. The first-order chi connectivity index (χ1) is 10.6. The molecule has 2 aromatic rings. The van der Waals surface area contributed by atoms with E-state index in [2.05, 4.69) is 15.6 Å². The van der Waals surface area contributed by atoms with Crippen molar-refractivity contribution in [2.24, 2.45) is 10.7 Å². The van der Waals surface area contributed by atoms with Crippen molar-refractivity contribution in [2.75, 3.05) is 18.4 Å². The lowest BCUT2D eigenvalue weighted by Crippen LogP contribution is -2.28. The van der Waals surface area contributed by atoms with Crippen LogP contribution >= 0.6 is 0 Å². The Kier molecular flexibility index (Phi) is 5.37. The minimum atomic E-state index is -0.218. The molecule has 0 fully saturated rings. The highest BCUT2D eigenvalue weighted by Crippen LogP contribution is 2.09. The second-order valence-corrected chi connectivity index (χ2v) is 4.56. The van der Waals surface area contributed by atoms with E-state index >= 15 is 0 Å². The highest BCUT2D eigenvalue weighted by Gasteiger charge is 2.03. The summed E-state index contributed by atoms with van der Waals surface area (Å²) in [6.45, 7) is 0.742. The van der Waals surface area contributed by atoms with Crippen molar-refractivity contribution in [3.63, 3.8) is 0 Å². The number of rotatable bonds is 5. The summed E-state index contributed by atoms with van der Waals surface area (Å²) in [6.07, 6.45) is 0. The molecule has 0 unspecified atom stereocenters. The van der Waals surface area contributed by atoms with Gasteiger partial charge < -0.3 is 21.5 Å². The van der Waals surface area contributed by atoms with Gasteiger partial charge in [-0.25, -0.2) is 0 Å². The van der Waals surface area contributed by atoms with Gasteiger partial charge in [0.15, 0.2) is 5.96 Å². The van der Waals surface area contributed by atoms with Crippen LogP contribution in [0.2, 0.25) is 0 Å². The number of para-hydroxylation sites is 1. The van der Waals surface area contributed by atoms with E-state index in [1.54, 1.807) is 12.1 Å². The highest BCUT2D eigenvalue weighted by atomic mass is 16.3. The van der Waals surface area contributed by atoms with Crippen molar-refractivity contribution in [2.45, 2.75) is 0 Å². The number of carbonyl (C=O) groups is 1. The number of carbonyl (C=O) groups excluding carboxylic acids is 1. The quantitative estimate of drug-likeness (QED) is 0.382. The van der Waals surface area contributed by atoms with Gasteiger partial charge in [-0.15, -0.1) is 0 Å². The first-order valence-corrected chi connectivity index (χ1v) is 6.84. The van der Waals surface area contributed by atoms with Gasteiger partial charge in [-0.3, -0.25) is 9.79 Å². The topological polar surface area (TPSA) is 99.7 Å². The van der Waals surface area contributed by atoms with Gasteiger partial charge in [0, 0.05) is 17.8 Å². The summed E-state index contributed by atoms with van der Waals surface area (Å²) < 4.78 is 0. The Morgan fingerprint density at radius 2 is 1.77 bits per heavy atom. The minimum Gasteiger partial charge on any atom is -0.508 e. The summed E-state index contributed by atoms with van der Waals surface area (Å²) in [5.74, 6) is 0.204. The molecule has 0 saturated carbocycles. The predicted molar refractivity (Wildman–Crippen MR) is 87.0 cm³/mol. The predicted octanol–water partition coefficient (Wildman–Crippen LogP) is 1.55. The van der Waals surface area contributed by atoms with Gasteiger partial charge in [-0.05, 0) is 36.4 Å². The number of hydrogen-bond acceptors (Lipinski definition) is 3. The van der Waals surface area contributed by atoms with E-state index < -0.39 is 0 Å². The van der Waals surface area contributed by atoms with Crippen molar-refractivity contribution in [3.05, 3.63) is 60.2 Å². The van der Waals surface area contributed by atoms with Gasteiger partial charge >= 0.3 is 0 Å². The Labute approximate surface area is 128 Å². The number of hydrogen-bond donors (Lipinski definition) is 4. The molecule has 0 aliphatic heterocycles. The molecule has 0 aliphatic rings. The zero-order chi connectivity index (χ0) is 15.8. The van der Waals surface area contributed by atoms with E-state index in [1.807, 2.05) is 30.3 Å². The van der Waals surface area contributed by atoms with Gasteiger partial charge in [-0.2, -0.15) is 0 Å². The van der Waals surface area contributed by atoms with Crippen LogP contribution in [0.25, 0.3) is 0 Å². The molecule has 2 rings (SSSR count). The fourth-order valence-electron chi connectivity index (χ4n) is 1.77. The van der Waals surface area contributed by atoms with Crippen LogP contribution in [-0.4, -0.2) is 30.1 Å². The zero-order valence-corrected chi connectivity index (χ0v) is 12.0. The van der Waals surface area contributed by atoms with Crippen molar-refractivity contribution < 1.29 is 9.90 Å². The summed E-state index contributed by atoms with van der Waals surface area (Å²) in [7, 11) is 0. The van der Waals surface area contributed by atoms with Gasteiger partial charge in [0.25, 0.3) is 5.91 Å². The molecule has 22 heavy (non-hydrogen) atoms. The Morgan fingerprint density at radius 3 is 2.45 bits per heavy atom. The second kappa shape index (κ2) is 7.68. The van der Waals surface area contributed by atoms with E-state index in [9.17, 15) is 4.79 Å². The number of phenols is 1. The number of nitrogens with one attached hydrogen (secondary N) is 2. The van der Waals surface area contributed by atoms with E-state index in [0.717, 1.165) is 5.69 Å². The molecule has 1 amide bonds.